The highest BCUT2D eigenvalue weighted by molar-refractivity contribution is 8.03. The zero-order valence-electron chi connectivity index (χ0n) is 22.4. The monoisotopic (exact) mass is 533 g/mol. The average molecular weight is 534 g/mol. The van der Waals surface area contributed by atoms with Gasteiger partial charge < -0.3 is 14.2 Å². The van der Waals surface area contributed by atoms with Crippen LogP contribution in [0.4, 0.5) is 0 Å². The molecule has 0 radical (unpaired) electrons. The summed E-state index contributed by atoms with van der Waals surface area (Å²) >= 11 is 3.56. The van der Waals surface area contributed by atoms with Crippen molar-refractivity contribution in [2.75, 3.05) is 39.5 Å². The molecule has 2 fully saturated rings. The second-order valence-electron chi connectivity index (χ2n) is 10.1. The maximum absolute atomic E-state index is 5.56. The first-order valence-corrected chi connectivity index (χ1v) is 14.6. The number of hydrogen-bond donors (Lipinski definition) is 0. The van der Waals surface area contributed by atoms with Crippen LogP contribution in [0.2, 0.25) is 0 Å². The van der Waals surface area contributed by atoms with Crippen molar-refractivity contribution < 1.29 is 4.42 Å². The fraction of sp³-hybridized carbons (Fsp3) is 0.448. The SMILES string of the molecule is C=C=C(SCCCN1CC2CC2(c2cccc(-c3sc(C)nc3C)c2)C1)N(C)/C(=N\C)c1ocnc1C. The van der Waals surface area contributed by atoms with E-state index in [1.807, 2.05) is 18.9 Å². The largest absolute Gasteiger partial charge is 0.440 e. The molecule has 1 saturated heterocycles. The molecule has 2 unspecified atom stereocenters. The Bertz CT molecular complexity index is 1370. The van der Waals surface area contributed by atoms with E-state index in [1.165, 1.54) is 35.4 Å². The van der Waals surface area contributed by atoms with E-state index < -0.39 is 0 Å². The van der Waals surface area contributed by atoms with Crippen LogP contribution in [0.3, 0.4) is 0 Å². The van der Waals surface area contributed by atoms with Gasteiger partial charge in [-0.2, -0.15) is 0 Å². The van der Waals surface area contributed by atoms with Gasteiger partial charge in [0.15, 0.2) is 18.0 Å². The van der Waals surface area contributed by atoms with Crippen LogP contribution >= 0.6 is 23.1 Å². The van der Waals surface area contributed by atoms with Gasteiger partial charge in [-0.1, -0.05) is 42.3 Å². The molecule has 1 aliphatic carbocycles. The number of nitrogens with zero attached hydrogens (tertiary/aromatic N) is 5. The van der Waals surface area contributed by atoms with Crippen molar-refractivity contribution in [3.8, 4) is 10.4 Å². The third-order valence-corrected chi connectivity index (χ3v) is 9.92. The summed E-state index contributed by atoms with van der Waals surface area (Å²) in [7, 11) is 3.74. The molecule has 0 amide bonds. The van der Waals surface area contributed by atoms with E-state index >= 15 is 0 Å². The van der Waals surface area contributed by atoms with Crippen LogP contribution in [0.15, 0.2) is 57.4 Å². The molecule has 3 aromatic rings. The lowest BCUT2D eigenvalue weighted by Crippen LogP contribution is -2.28. The number of piperidine rings is 1. The van der Waals surface area contributed by atoms with Crippen LogP contribution < -0.4 is 0 Å². The van der Waals surface area contributed by atoms with Crippen LogP contribution in [0.25, 0.3) is 10.4 Å². The van der Waals surface area contributed by atoms with Gasteiger partial charge in [-0.3, -0.25) is 4.99 Å². The molecule has 1 aliphatic heterocycles. The molecule has 2 atom stereocenters. The van der Waals surface area contributed by atoms with E-state index in [9.17, 15) is 0 Å². The molecule has 37 heavy (non-hydrogen) atoms. The van der Waals surface area contributed by atoms with Gasteiger partial charge in [-0.15, -0.1) is 11.3 Å². The minimum absolute atomic E-state index is 0.338. The highest BCUT2D eigenvalue weighted by Crippen LogP contribution is 2.59. The Hall–Kier alpha value is -2.64. The molecule has 0 bridgehead atoms. The number of aryl methyl sites for hydroxylation is 3. The number of fused-ring (bicyclic) bond motifs is 1. The summed E-state index contributed by atoms with van der Waals surface area (Å²) in [6.07, 6.45) is 3.89. The summed E-state index contributed by atoms with van der Waals surface area (Å²) in [6.45, 7) is 13.5. The Kier molecular flexibility index (Phi) is 7.46. The number of aromatic nitrogens is 2. The summed E-state index contributed by atoms with van der Waals surface area (Å²) < 4.78 is 5.56. The zero-order valence-corrected chi connectivity index (χ0v) is 24.0. The Morgan fingerprint density at radius 3 is 2.86 bits per heavy atom. The lowest BCUT2D eigenvalue weighted by molar-refractivity contribution is 0.299. The summed E-state index contributed by atoms with van der Waals surface area (Å²) in [5, 5.41) is 2.08. The molecule has 0 spiro atoms. The van der Waals surface area contributed by atoms with Gasteiger partial charge in [0, 0.05) is 38.4 Å². The predicted molar refractivity (Wildman–Crippen MR) is 154 cm³/mol. The highest BCUT2D eigenvalue weighted by atomic mass is 32.2. The molecule has 2 aromatic heterocycles. The van der Waals surface area contributed by atoms with E-state index in [-0.39, 0.29) is 0 Å². The Morgan fingerprint density at radius 2 is 2.19 bits per heavy atom. The molecular weight excluding hydrogens is 498 g/mol. The second-order valence-corrected chi connectivity index (χ2v) is 12.4. The molecule has 1 aromatic carbocycles. The van der Waals surface area contributed by atoms with E-state index in [0.29, 0.717) is 11.2 Å². The van der Waals surface area contributed by atoms with Crippen LogP contribution in [-0.4, -0.2) is 65.1 Å². The van der Waals surface area contributed by atoms with Crippen molar-refractivity contribution in [3.63, 3.8) is 0 Å². The van der Waals surface area contributed by atoms with Crippen LogP contribution in [0.5, 0.6) is 0 Å². The Labute approximate surface area is 228 Å². The summed E-state index contributed by atoms with van der Waals surface area (Å²) in [5.41, 5.74) is 8.21. The second kappa shape index (κ2) is 10.6. The number of thiazole rings is 1. The van der Waals surface area contributed by atoms with Crippen molar-refractivity contribution in [1.29, 1.82) is 0 Å². The van der Waals surface area contributed by atoms with Crippen molar-refractivity contribution in [2.24, 2.45) is 10.9 Å². The minimum atomic E-state index is 0.338. The van der Waals surface area contributed by atoms with Crippen LogP contribution in [-0.2, 0) is 5.41 Å². The summed E-state index contributed by atoms with van der Waals surface area (Å²) in [6, 6.07) is 9.24. The standard InChI is InChI=1S/C29H35N5OS2/c1-7-25(33(6)28(30-5)26-19(2)31-18-35-26)36-13-9-12-34-16-24-15-29(24,17-34)23-11-8-10-22(14-23)27-20(3)32-21(4)37-27/h8,10-11,14,18,24H,1,9,12-13,15-17H2,2-6H3/b30-28-. The van der Waals surface area contributed by atoms with Gasteiger partial charge in [-0.05, 0) is 63.3 Å². The summed E-state index contributed by atoms with van der Waals surface area (Å²) in [4.78, 5) is 19.2. The zero-order chi connectivity index (χ0) is 26.2. The number of benzene rings is 1. The third-order valence-electron chi connectivity index (χ3n) is 7.61. The van der Waals surface area contributed by atoms with Gasteiger partial charge in [0.2, 0.25) is 0 Å². The fourth-order valence-corrected chi connectivity index (χ4v) is 7.48. The van der Waals surface area contributed by atoms with E-state index in [0.717, 1.165) is 58.4 Å². The maximum atomic E-state index is 5.56. The first-order chi connectivity index (χ1) is 17.9. The lowest BCUT2D eigenvalue weighted by Gasteiger charge is -2.23. The average Bonchev–Trinajstić information content (AvgIpc) is 3.15. The van der Waals surface area contributed by atoms with E-state index in [4.69, 9.17) is 4.42 Å². The molecule has 5 rings (SSSR count). The van der Waals surface area contributed by atoms with Gasteiger partial charge in [0.05, 0.1) is 21.3 Å². The van der Waals surface area contributed by atoms with Gasteiger partial charge in [-0.25, -0.2) is 9.97 Å². The van der Waals surface area contributed by atoms with E-state index in [1.54, 1.807) is 30.1 Å². The lowest BCUT2D eigenvalue weighted by atomic mass is 9.93. The number of aliphatic imine (C=N–C) groups is 1. The molecule has 8 heteroatoms. The Morgan fingerprint density at radius 1 is 1.35 bits per heavy atom. The minimum Gasteiger partial charge on any atom is -0.440 e. The van der Waals surface area contributed by atoms with Gasteiger partial charge >= 0.3 is 0 Å². The van der Waals surface area contributed by atoms with Crippen molar-refractivity contribution in [2.45, 2.75) is 39.0 Å². The number of likely N-dealkylation sites (tertiary alicyclic amines) is 1. The molecule has 2 aliphatic rings. The van der Waals surface area contributed by atoms with Gasteiger partial charge in [0.25, 0.3) is 0 Å². The fourth-order valence-electron chi connectivity index (χ4n) is 5.71. The molecule has 0 N–H and O–H groups in total. The predicted octanol–water partition coefficient (Wildman–Crippen LogP) is 6.05. The first kappa shape index (κ1) is 26.0. The molecule has 1 saturated carbocycles. The molecule has 3 heterocycles. The van der Waals surface area contributed by atoms with Crippen molar-refractivity contribution in [3.05, 3.63) is 75.7 Å². The normalized spacial score (nSPS) is 21.1. The number of hydrogen-bond acceptors (Lipinski definition) is 7. The number of amidine groups is 1. The van der Waals surface area contributed by atoms with Crippen molar-refractivity contribution in [1.82, 2.24) is 19.8 Å². The quantitative estimate of drug-likeness (QED) is 0.144. The third kappa shape index (κ3) is 5.08. The van der Waals surface area contributed by atoms with Crippen LogP contribution in [0.1, 0.15) is 40.6 Å². The van der Waals surface area contributed by atoms with E-state index in [2.05, 4.69) is 70.3 Å². The molecule has 194 valence electrons. The summed E-state index contributed by atoms with van der Waals surface area (Å²) in [5.74, 6) is 3.20. The number of rotatable bonds is 9. The van der Waals surface area contributed by atoms with Crippen LogP contribution in [0, 0.1) is 26.7 Å². The number of thioether (sulfide) groups is 1. The smallest absolute Gasteiger partial charge is 0.192 e. The van der Waals surface area contributed by atoms with Crippen molar-refractivity contribution >= 4 is 28.9 Å². The topological polar surface area (TPSA) is 57.8 Å². The Balaban J connectivity index is 1.15. The maximum Gasteiger partial charge on any atom is 0.192 e. The van der Waals surface area contributed by atoms with Gasteiger partial charge in [0.1, 0.15) is 5.03 Å². The highest BCUT2D eigenvalue weighted by Gasteiger charge is 2.60. The molecular formula is C29H35N5OS2. The first-order valence-electron chi connectivity index (χ1n) is 12.8. The molecule has 6 nitrogen and oxygen atoms in total. The number of oxazole rings is 1.